The van der Waals surface area contributed by atoms with Crippen LogP contribution in [-0.4, -0.2) is 47.8 Å². The minimum atomic E-state index is -0.0493. The van der Waals surface area contributed by atoms with Crippen molar-refractivity contribution < 1.29 is 9.59 Å². The maximum Gasteiger partial charge on any atom is 0.246 e. The number of benzene rings is 1. The minimum absolute atomic E-state index is 0.0493. The van der Waals surface area contributed by atoms with Crippen molar-refractivity contribution in [3.8, 4) is 0 Å². The summed E-state index contributed by atoms with van der Waals surface area (Å²) in [6.45, 7) is 3.02. The Morgan fingerprint density at radius 3 is 2.26 bits per heavy atom. The van der Waals surface area contributed by atoms with E-state index in [4.69, 9.17) is 23.2 Å². The van der Waals surface area contributed by atoms with Gasteiger partial charge in [-0.1, -0.05) is 48.2 Å². The largest absolute Gasteiger partial charge is 0.342 e. The molecule has 2 aliphatic rings. The van der Waals surface area contributed by atoms with Crippen LogP contribution in [-0.2, 0) is 9.59 Å². The molecule has 2 amide bonds. The van der Waals surface area contributed by atoms with Crippen LogP contribution in [0.3, 0.4) is 0 Å². The van der Waals surface area contributed by atoms with E-state index in [-0.39, 0.29) is 17.7 Å². The smallest absolute Gasteiger partial charge is 0.246 e. The molecule has 0 bridgehead atoms. The van der Waals surface area contributed by atoms with Crippen molar-refractivity contribution in [3.63, 3.8) is 0 Å². The lowest BCUT2D eigenvalue weighted by Crippen LogP contribution is -2.44. The Kier molecular flexibility index (Phi) is 7.20. The lowest BCUT2D eigenvalue weighted by Gasteiger charge is -2.33. The van der Waals surface area contributed by atoms with Gasteiger partial charge in [0.15, 0.2) is 0 Å². The van der Waals surface area contributed by atoms with Crippen LogP contribution in [0.1, 0.15) is 44.1 Å². The second-order valence-corrected chi connectivity index (χ2v) is 8.10. The summed E-state index contributed by atoms with van der Waals surface area (Å²) in [5.74, 6) is 0.287. The van der Waals surface area contributed by atoms with Crippen molar-refractivity contribution in [2.24, 2.45) is 5.92 Å². The summed E-state index contributed by atoms with van der Waals surface area (Å²) >= 11 is 12.2. The van der Waals surface area contributed by atoms with Gasteiger partial charge in [-0.05, 0) is 43.4 Å². The first-order valence-corrected chi connectivity index (χ1v) is 10.5. The average molecular weight is 409 g/mol. The zero-order chi connectivity index (χ0) is 19.2. The zero-order valence-electron chi connectivity index (χ0n) is 15.5. The molecule has 1 aromatic rings. The third kappa shape index (κ3) is 5.26. The molecule has 2 saturated heterocycles. The van der Waals surface area contributed by atoms with Crippen molar-refractivity contribution in [1.29, 1.82) is 0 Å². The molecule has 27 heavy (non-hydrogen) atoms. The van der Waals surface area contributed by atoms with E-state index >= 15 is 0 Å². The molecule has 0 spiro atoms. The number of halogens is 2. The molecule has 0 unspecified atom stereocenters. The Bertz CT molecular complexity index is 704. The van der Waals surface area contributed by atoms with E-state index in [0.717, 1.165) is 44.3 Å². The van der Waals surface area contributed by atoms with Crippen LogP contribution in [0.25, 0.3) is 6.08 Å². The van der Waals surface area contributed by atoms with Crippen molar-refractivity contribution in [2.75, 3.05) is 26.2 Å². The number of hydrogen-bond acceptors (Lipinski definition) is 2. The molecule has 2 fully saturated rings. The molecule has 0 radical (unpaired) electrons. The number of carbonyl (C=O) groups excluding carboxylic acids is 2. The molecule has 2 aliphatic heterocycles. The van der Waals surface area contributed by atoms with Crippen molar-refractivity contribution in [1.82, 2.24) is 9.80 Å². The fraction of sp³-hybridized carbons (Fsp3) is 0.524. The maximum absolute atomic E-state index is 12.7. The van der Waals surface area contributed by atoms with E-state index in [2.05, 4.69) is 0 Å². The molecule has 0 aliphatic carbocycles. The average Bonchev–Trinajstić information content (AvgIpc) is 2.98. The van der Waals surface area contributed by atoms with E-state index in [1.165, 1.54) is 18.9 Å². The highest BCUT2D eigenvalue weighted by molar-refractivity contribution is 6.42. The Labute approximate surface area is 171 Å². The SMILES string of the molecule is O=C(/C=C/c1cccc(Cl)c1Cl)N1CCC(C(=O)N2CCCCCC2)CC1. The van der Waals surface area contributed by atoms with Crippen LogP contribution in [0, 0.1) is 5.92 Å². The molecule has 146 valence electrons. The molecule has 0 atom stereocenters. The number of amides is 2. The standard InChI is InChI=1S/C21H26Cl2N2O2/c22-18-7-5-6-16(20(18)23)8-9-19(26)24-14-10-17(11-15-24)21(27)25-12-3-1-2-4-13-25/h5-9,17H,1-4,10-15H2/b9-8+. The molecule has 6 heteroatoms. The van der Waals surface area contributed by atoms with Gasteiger partial charge in [-0.15, -0.1) is 0 Å². The molecular weight excluding hydrogens is 383 g/mol. The fourth-order valence-electron chi connectivity index (χ4n) is 3.81. The second-order valence-electron chi connectivity index (χ2n) is 7.32. The van der Waals surface area contributed by atoms with Crippen molar-refractivity contribution in [2.45, 2.75) is 38.5 Å². The van der Waals surface area contributed by atoms with Gasteiger partial charge in [0.05, 0.1) is 10.0 Å². The number of rotatable bonds is 3. The summed E-state index contributed by atoms with van der Waals surface area (Å²) in [5, 5.41) is 0.920. The Balaban J connectivity index is 1.52. The topological polar surface area (TPSA) is 40.6 Å². The quantitative estimate of drug-likeness (QED) is 0.682. The van der Waals surface area contributed by atoms with Gasteiger partial charge in [-0.3, -0.25) is 9.59 Å². The van der Waals surface area contributed by atoms with Crippen molar-refractivity contribution in [3.05, 3.63) is 39.9 Å². The molecule has 1 aromatic carbocycles. The molecule has 4 nitrogen and oxygen atoms in total. The van der Waals surface area contributed by atoms with Gasteiger partial charge in [-0.2, -0.15) is 0 Å². The van der Waals surface area contributed by atoms with Gasteiger partial charge in [0, 0.05) is 38.2 Å². The first kappa shape index (κ1) is 20.2. The number of hydrogen-bond donors (Lipinski definition) is 0. The summed E-state index contributed by atoms with van der Waals surface area (Å²) in [5.41, 5.74) is 0.726. The minimum Gasteiger partial charge on any atom is -0.342 e. The molecule has 0 N–H and O–H groups in total. The van der Waals surface area contributed by atoms with Crippen LogP contribution >= 0.6 is 23.2 Å². The lowest BCUT2D eigenvalue weighted by atomic mass is 9.95. The molecule has 3 rings (SSSR count). The van der Waals surface area contributed by atoms with Crippen LogP contribution in [0.5, 0.6) is 0 Å². The van der Waals surface area contributed by atoms with E-state index in [1.54, 1.807) is 23.1 Å². The number of nitrogens with zero attached hydrogens (tertiary/aromatic N) is 2. The number of piperidine rings is 1. The highest BCUT2D eigenvalue weighted by Gasteiger charge is 2.29. The molecule has 0 aromatic heterocycles. The van der Waals surface area contributed by atoms with E-state index in [9.17, 15) is 9.59 Å². The monoisotopic (exact) mass is 408 g/mol. The normalized spacial score (nSPS) is 19.3. The van der Waals surface area contributed by atoms with E-state index in [0.29, 0.717) is 23.1 Å². The Morgan fingerprint density at radius 1 is 0.926 bits per heavy atom. The van der Waals surface area contributed by atoms with Crippen LogP contribution in [0.2, 0.25) is 10.0 Å². The van der Waals surface area contributed by atoms with Gasteiger partial charge in [0.2, 0.25) is 11.8 Å². The summed E-state index contributed by atoms with van der Waals surface area (Å²) in [7, 11) is 0. The van der Waals surface area contributed by atoms with Crippen LogP contribution in [0.4, 0.5) is 0 Å². The van der Waals surface area contributed by atoms with Gasteiger partial charge in [0.1, 0.15) is 0 Å². The first-order chi connectivity index (χ1) is 13.1. The van der Waals surface area contributed by atoms with E-state index < -0.39 is 0 Å². The number of carbonyl (C=O) groups is 2. The van der Waals surface area contributed by atoms with E-state index in [1.807, 2.05) is 11.0 Å². The molecule has 0 saturated carbocycles. The van der Waals surface area contributed by atoms with Crippen molar-refractivity contribution >= 4 is 41.1 Å². The van der Waals surface area contributed by atoms with Gasteiger partial charge >= 0.3 is 0 Å². The molecular formula is C21H26Cl2N2O2. The highest BCUT2D eigenvalue weighted by atomic mass is 35.5. The summed E-state index contributed by atoms with van der Waals surface area (Å²) in [4.78, 5) is 29.0. The fourth-order valence-corrected chi connectivity index (χ4v) is 4.18. The lowest BCUT2D eigenvalue weighted by molar-refractivity contribution is -0.139. The first-order valence-electron chi connectivity index (χ1n) is 9.76. The zero-order valence-corrected chi connectivity index (χ0v) is 17.0. The predicted molar refractivity (Wildman–Crippen MR) is 110 cm³/mol. The second kappa shape index (κ2) is 9.61. The Hall–Kier alpha value is -1.52. The third-order valence-corrected chi connectivity index (χ3v) is 6.29. The number of likely N-dealkylation sites (tertiary alicyclic amines) is 2. The molecule has 2 heterocycles. The summed E-state index contributed by atoms with van der Waals surface area (Å²) < 4.78 is 0. The van der Waals surface area contributed by atoms with Crippen LogP contribution in [0.15, 0.2) is 24.3 Å². The summed E-state index contributed by atoms with van der Waals surface area (Å²) in [6, 6.07) is 5.34. The predicted octanol–water partition coefficient (Wildman–Crippen LogP) is 4.65. The van der Waals surface area contributed by atoms with Gasteiger partial charge in [0.25, 0.3) is 0 Å². The summed E-state index contributed by atoms with van der Waals surface area (Å²) in [6.07, 6.45) is 9.39. The highest BCUT2D eigenvalue weighted by Crippen LogP contribution is 2.27. The van der Waals surface area contributed by atoms with Gasteiger partial charge < -0.3 is 9.80 Å². The third-order valence-electron chi connectivity index (χ3n) is 5.46. The van der Waals surface area contributed by atoms with Crippen LogP contribution < -0.4 is 0 Å². The van der Waals surface area contributed by atoms with Gasteiger partial charge in [-0.25, -0.2) is 0 Å². The maximum atomic E-state index is 12.7. The Morgan fingerprint density at radius 2 is 1.59 bits per heavy atom.